The minimum absolute atomic E-state index is 0.194. The number of anilines is 1. The Bertz CT molecular complexity index is 406. The zero-order valence-corrected chi connectivity index (χ0v) is 11.6. The average molecular weight is 266 g/mol. The summed E-state index contributed by atoms with van der Waals surface area (Å²) in [4.78, 5) is 10.7. The second kappa shape index (κ2) is 6.68. The van der Waals surface area contributed by atoms with Gasteiger partial charge in [0.05, 0.1) is 19.4 Å². The number of rotatable bonds is 5. The molecule has 2 N–H and O–H groups in total. The molecular weight excluding hydrogens is 244 g/mol. The van der Waals surface area contributed by atoms with E-state index in [0.29, 0.717) is 12.6 Å². The number of nitrogens with zero attached hydrogens (tertiary/aromatic N) is 3. The van der Waals surface area contributed by atoms with Crippen molar-refractivity contribution in [3.8, 4) is 5.75 Å². The number of hydrogen-bond donors (Lipinski definition) is 2. The van der Waals surface area contributed by atoms with Crippen LogP contribution in [0.2, 0.25) is 0 Å². The first-order chi connectivity index (χ1) is 9.26. The van der Waals surface area contributed by atoms with Crippen LogP contribution in [0, 0.1) is 6.92 Å². The first-order valence-corrected chi connectivity index (χ1v) is 6.71. The van der Waals surface area contributed by atoms with Crippen molar-refractivity contribution in [3.63, 3.8) is 0 Å². The van der Waals surface area contributed by atoms with Gasteiger partial charge in [-0.1, -0.05) is 0 Å². The van der Waals surface area contributed by atoms with Crippen LogP contribution in [-0.4, -0.2) is 54.5 Å². The van der Waals surface area contributed by atoms with Crippen molar-refractivity contribution in [3.05, 3.63) is 12.0 Å². The molecule has 1 aromatic rings. The van der Waals surface area contributed by atoms with Gasteiger partial charge in [-0.15, -0.1) is 0 Å². The molecule has 1 aliphatic rings. The number of piperidine rings is 1. The third-order valence-electron chi connectivity index (χ3n) is 3.51. The number of nitrogens with one attached hydrogen (secondary N) is 1. The van der Waals surface area contributed by atoms with E-state index < -0.39 is 0 Å². The summed E-state index contributed by atoms with van der Waals surface area (Å²) in [7, 11) is 1.66. The minimum atomic E-state index is 0.194. The molecule has 0 bridgehead atoms. The van der Waals surface area contributed by atoms with E-state index in [1.165, 1.54) is 0 Å². The number of aryl methyl sites for hydroxylation is 1. The lowest BCUT2D eigenvalue weighted by Crippen LogP contribution is -2.43. The molecule has 19 heavy (non-hydrogen) atoms. The SMILES string of the molecule is COc1c(C)ncnc1N1CCC(NCCO)CC1. The van der Waals surface area contributed by atoms with Gasteiger partial charge in [-0.3, -0.25) is 0 Å². The maximum Gasteiger partial charge on any atom is 0.182 e. The van der Waals surface area contributed by atoms with Gasteiger partial charge in [0.25, 0.3) is 0 Å². The van der Waals surface area contributed by atoms with Crippen molar-refractivity contribution in [1.82, 2.24) is 15.3 Å². The fourth-order valence-electron chi connectivity index (χ4n) is 2.48. The molecule has 2 rings (SSSR count). The molecule has 6 nitrogen and oxygen atoms in total. The maximum absolute atomic E-state index is 8.82. The maximum atomic E-state index is 8.82. The van der Waals surface area contributed by atoms with Crippen molar-refractivity contribution in [2.45, 2.75) is 25.8 Å². The molecule has 0 spiro atoms. The smallest absolute Gasteiger partial charge is 0.182 e. The van der Waals surface area contributed by atoms with E-state index in [-0.39, 0.29) is 6.61 Å². The number of ether oxygens (including phenoxy) is 1. The Morgan fingerprint density at radius 2 is 2.16 bits per heavy atom. The average Bonchev–Trinajstić information content (AvgIpc) is 2.45. The third-order valence-corrected chi connectivity index (χ3v) is 3.51. The summed E-state index contributed by atoms with van der Waals surface area (Å²) in [5.41, 5.74) is 0.869. The van der Waals surface area contributed by atoms with Crippen LogP contribution in [0.25, 0.3) is 0 Å². The van der Waals surface area contributed by atoms with E-state index in [1.807, 2.05) is 6.92 Å². The molecule has 1 saturated heterocycles. The molecule has 0 atom stereocenters. The van der Waals surface area contributed by atoms with Crippen LogP contribution in [0.4, 0.5) is 5.82 Å². The highest BCUT2D eigenvalue weighted by Crippen LogP contribution is 2.29. The van der Waals surface area contributed by atoms with Crippen LogP contribution < -0.4 is 15.0 Å². The van der Waals surface area contributed by atoms with Gasteiger partial charge in [0.2, 0.25) is 0 Å². The van der Waals surface area contributed by atoms with Gasteiger partial charge in [0.15, 0.2) is 11.6 Å². The molecule has 0 aromatic carbocycles. The molecule has 0 aliphatic carbocycles. The molecule has 0 unspecified atom stereocenters. The lowest BCUT2D eigenvalue weighted by Gasteiger charge is -2.33. The van der Waals surface area contributed by atoms with E-state index in [0.717, 1.165) is 43.2 Å². The minimum Gasteiger partial charge on any atom is -0.491 e. The highest BCUT2D eigenvalue weighted by atomic mass is 16.5. The normalized spacial score (nSPS) is 16.7. The van der Waals surface area contributed by atoms with Gasteiger partial charge in [-0.05, 0) is 19.8 Å². The van der Waals surface area contributed by atoms with Gasteiger partial charge in [0.1, 0.15) is 6.33 Å². The van der Waals surface area contributed by atoms with Crippen LogP contribution in [-0.2, 0) is 0 Å². The van der Waals surface area contributed by atoms with Crippen molar-refractivity contribution in [2.75, 3.05) is 38.3 Å². The van der Waals surface area contributed by atoms with Crippen LogP contribution in [0.1, 0.15) is 18.5 Å². The van der Waals surface area contributed by atoms with E-state index in [1.54, 1.807) is 13.4 Å². The van der Waals surface area contributed by atoms with Crippen LogP contribution >= 0.6 is 0 Å². The number of aliphatic hydroxyl groups excluding tert-OH is 1. The summed E-state index contributed by atoms with van der Waals surface area (Å²) in [6.07, 6.45) is 3.68. The summed E-state index contributed by atoms with van der Waals surface area (Å²) < 4.78 is 5.41. The Morgan fingerprint density at radius 1 is 1.42 bits per heavy atom. The quantitative estimate of drug-likeness (QED) is 0.801. The monoisotopic (exact) mass is 266 g/mol. The van der Waals surface area contributed by atoms with Crippen molar-refractivity contribution >= 4 is 5.82 Å². The summed E-state index contributed by atoms with van der Waals surface area (Å²) in [6, 6.07) is 0.484. The summed E-state index contributed by atoms with van der Waals surface area (Å²) >= 11 is 0. The number of hydrogen-bond acceptors (Lipinski definition) is 6. The Morgan fingerprint density at radius 3 is 2.79 bits per heavy atom. The highest BCUT2D eigenvalue weighted by Gasteiger charge is 2.22. The van der Waals surface area contributed by atoms with E-state index >= 15 is 0 Å². The van der Waals surface area contributed by atoms with Gasteiger partial charge in [0, 0.05) is 25.7 Å². The Balaban J connectivity index is 1.99. The first-order valence-electron chi connectivity index (χ1n) is 6.71. The molecule has 0 amide bonds. The summed E-state index contributed by atoms with van der Waals surface area (Å²) in [6.45, 7) is 4.67. The third kappa shape index (κ3) is 3.33. The van der Waals surface area contributed by atoms with Gasteiger partial charge >= 0.3 is 0 Å². The van der Waals surface area contributed by atoms with Crippen LogP contribution in [0.15, 0.2) is 6.33 Å². The van der Waals surface area contributed by atoms with Crippen LogP contribution in [0.3, 0.4) is 0 Å². The molecule has 6 heteroatoms. The molecule has 0 saturated carbocycles. The molecular formula is C13H22N4O2. The van der Waals surface area contributed by atoms with Crippen LogP contribution in [0.5, 0.6) is 5.75 Å². The fraction of sp³-hybridized carbons (Fsp3) is 0.692. The molecule has 1 aliphatic heterocycles. The van der Waals surface area contributed by atoms with Gasteiger partial charge in [-0.2, -0.15) is 0 Å². The second-order valence-corrected chi connectivity index (χ2v) is 4.75. The summed E-state index contributed by atoms with van der Waals surface area (Å²) in [5.74, 6) is 1.65. The zero-order chi connectivity index (χ0) is 13.7. The molecule has 106 valence electrons. The van der Waals surface area contributed by atoms with E-state index in [9.17, 15) is 0 Å². The molecule has 2 heterocycles. The lowest BCUT2D eigenvalue weighted by atomic mass is 10.0. The largest absolute Gasteiger partial charge is 0.491 e. The van der Waals surface area contributed by atoms with Crippen molar-refractivity contribution < 1.29 is 9.84 Å². The number of aromatic nitrogens is 2. The number of methoxy groups -OCH3 is 1. The van der Waals surface area contributed by atoms with Gasteiger partial charge in [-0.25, -0.2) is 9.97 Å². The Kier molecular flexibility index (Phi) is 4.93. The lowest BCUT2D eigenvalue weighted by molar-refractivity contribution is 0.276. The fourth-order valence-corrected chi connectivity index (χ4v) is 2.48. The second-order valence-electron chi connectivity index (χ2n) is 4.75. The standard InChI is InChI=1S/C13H22N4O2/c1-10-12(19-2)13(16-9-15-10)17-6-3-11(4-7-17)14-5-8-18/h9,11,14,18H,3-8H2,1-2H3. The summed E-state index contributed by atoms with van der Waals surface area (Å²) in [5, 5.41) is 12.2. The van der Waals surface area contributed by atoms with Crippen molar-refractivity contribution in [1.29, 1.82) is 0 Å². The van der Waals surface area contributed by atoms with Crippen molar-refractivity contribution in [2.24, 2.45) is 0 Å². The van der Waals surface area contributed by atoms with Gasteiger partial charge < -0.3 is 20.1 Å². The first kappa shape index (κ1) is 14.0. The highest BCUT2D eigenvalue weighted by molar-refractivity contribution is 5.54. The molecule has 0 radical (unpaired) electrons. The Hall–Kier alpha value is -1.40. The van der Waals surface area contributed by atoms with E-state index in [4.69, 9.17) is 9.84 Å². The Labute approximate surface area is 113 Å². The molecule has 1 fully saturated rings. The van der Waals surface area contributed by atoms with E-state index in [2.05, 4.69) is 20.2 Å². The number of aliphatic hydroxyl groups is 1. The topological polar surface area (TPSA) is 70.5 Å². The molecule has 1 aromatic heterocycles. The predicted molar refractivity (Wildman–Crippen MR) is 73.6 cm³/mol. The predicted octanol–water partition coefficient (Wildman–Crippen LogP) is 0.344. The zero-order valence-electron chi connectivity index (χ0n) is 11.6.